The van der Waals surface area contributed by atoms with Gasteiger partial charge in [-0.3, -0.25) is 4.79 Å². The van der Waals surface area contributed by atoms with Crippen molar-refractivity contribution in [3.63, 3.8) is 0 Å². The third kappa shape index (κ3) is 5.23. The van der Waals surface area contributed by atoms with Crippen molar-refractivity contribution in [2.75, 3.05) is 12.4 Å². The number of carbonyl (C=O) groups excluding carboxylic acids is 2. The molecule has 0 bridgehead atoms. The second-order valence-corrected chi connectivity index (χ2v) is 7.97. The predicted octanol–water partition coefficient (Wildman–Crippen LogP) is 3.79. The third-order valence-electron chi connectivity index (χ3n) is 3.93. The van der Waals surface area contributed by atoms with Crippen LogP contribution in [0.4, 0.5) is 10.5 Å². The molecule has 2 aromatic rings. The number of hydrogen-bond acceptors (Lipinski definition) is 4. The van der Waals surface area contributed by atoms with Crippen LogP contribution in [0.25, 0.3) is 0 Å². The number of anilines is 1. The predicted molar refractivity (Wildman–Crippen MR) is 105 cm³/mol. The zero-order valence-corrected chi connectivity index (χ0v) is 16.3. The third-order valence-corrected chi connectivity index (χ3v) is 4.92. The molecule has 26 heavy (non-hydrogen) atoms. The lowest BCUT2D eigenvalue weighted by Crippen LogP contribution is -2.34. The van der Waals surface area contributed by atoms with Crippen LogP contribution in [0.2, 0.25) is 0 Å². The lowest BCUT2D eigenvalue weighted by atomic mass is 9.87. The average molecular weight is 375 g/mol. The molecule has 3 amide bonds. The molecule has 140 valence electrons. The minimum Gasteiger partial charge on any atom is -0.495 e. The Bertz CT molecular complexity index is 767. The van der Waals surface area contributed by atoms with Crippen LogP contribution >= 0.6 is 11.3 Å². The molecule has 0 saturated carbocycles. The fourth-order valence-electron chi connectivity index (χ4n) is 2.54. The van der Waals surface area contributed by atoms with Crippen molar-refractivity contribution in [2.24, 2.45) is 5.73 Å². The van der Waals surface area contributed by atoms with E-state index in [1.54, 1.807) is 7.11 Å². The Morgan fingerprint density at radius 2 is 2.00 bits per heavy atom. The first-order valence-corrected chi connectivity index (χ1v) is 9.16. The number of ether oxygens (including phenoxy) is 1. The molecule has 0 unspecified atom stereocenters. The Kier molecular flexibility index (Phi) is 6.26. The van der Waals surface area contributed by atoms with E-state index in [0.717, 1.165) is 10.4 Å². The SMILES string of the molecule is COc1ccc(C(C)(C)C)cc1NC(=O)C[C@@H](NC(N)=O)c1cccs1. The van der Waals surface area contributed by atoms with Crippen LogP contribution in [0, 0.1) is 0 Å². The number of hydrogen-bond donors (Lipinski definition) is 3. The second kappa shape index (κ2) is 8.23. The van der Waals surface area contributed by atoms with Gasteiger partial charge in [-0.25, -0.2) is 4.79 Å². The molecular formula is C19H25N3O3S. The highest BCUT2D eigenvalue weighted by Gasteiger charge is 2.21. The van der Waals surface area contributed by atoms with E-state index in [1.807, 2.05) is 35.7 Å². The summed E-state index contributed by atoms with van der Waals surface area (Å²) in [5.74, 6) is 0.350. The Hall–Kier alpha value is -2.54. The summed E-state index contributed by atoms with van der Waals surface area (Å²) < 4.78 is 5.35. The molecule has 0 radical (unpaired) electrons. The van der Waals surface area contributed by atoms with Crippen LogP contribution in [-0.2, 0) is 10.2 Å². The molecule has 1 aromatic carbocycles. The van der Waals surface area contributed by atoms with Gasteiger partial charge in [0.15, 0.2) is 0 Å². The van der Waals surface area contributed by atoms with Gasteiger partial charge in [-0.15, -0.1) is 11.3 Å². The Morgan fingerprint density at radius 3 is 2.54 bits per heavy atom. The van der Waals surface area contributed by atoms with Crippen molar-refractivity contribution in [1.29, 1.82) is 0 Å². The minimum absolute atomic E-state index is 0.0568. The zero-order valence-electron chi connectivity index (χ0n) is 15.5. The van der Waals surface area contributed by atoms with Gasteiger partial charge >= 0.3 is 6.03 Å². The van der Waals surface area contributed by atoms with Crippen LogP contribution in [-0.4, -0.2) is 19.0 Å². The molecule has 0 saturated heterocycles. The first-order chi connectivity index (χ1) is 12.2. The second-order valence-electron chi connectivity index (χ2n) is 6.99. The molecule has 7 heteroatoms. The van der Waals surface area contributed by atoms with E-state index in [0.29, 0.717) is 11.4 Å². The van der Waals surface area contributed by atoms with Crippen LogP contribution in [0.15, 0.2) is 35.7 Å². The zero-order chi connectivity index (χ0) is 19.3. The van der Waals surface area contributed by atoms with Gasteiger partial charge in [0.1, 0.15) is 5.75 Å². The molecule has 0 aliphatic carbocycles. The summed E-state index contributed by atoms with van der Waals surface area (Å²) >= 11 is 1.46. The monoisotopic (exact) mass is 375 g/mol. The quantitative estimate of drug-likeness (QED) is 0.717. The van der Waals surface area contributed by atoms with Gasteiger partial charge in [0.05, 0.1) is 25.3 Å². The van der Waals surface area contributed by atoms with Crippen molar-refractivity contribution in [3.05, 3.63) is 46.2 Å². The molecule has 1 atom stereocenters. The summed E-state index contributed by atoms with van der Waals surface area (Å²) in [6.07, 6.45) is 0.0757. The van der Waals surface area contributed by atoms with Gasteiger partial charge in [0.25, 0.3) is 0 Å². The van der Waals surface area contributed by atoms with Gasteiger partial charge in [-0.1, -0.05) is 32.9 Å². The number of methoxy groups -OCH3 is 1. The van der Waals surface area contributed by atoms with Gasteiger partial charge in [-0.05, 0) is 34.6 Å². The largest absolute Gasteiger partial charge is 0.495 e. The average Bonchev–Trinajstić information content (AvgIpc) is 3.07. The molecule has 0 spiro atoms. The van der Waals surface area contributed by atoms with E-state index in [4.69, 9.17) is 10.5 Å². The molecule has 6 nitrogen and oxygen atoms in total. The molecule has 1 heterocycles. The van der Waals surface area contributed by atoms with Crippen LogP contribution in [0.5, 0.6) is 5.75 Å². The summed E-state index contributed by atoms with van der Waals surface area (Å²) in [5, 5.41) is 7.40. The number of benzene rings is 1. The van der Waals surface area contributed by atoms with E-state index in [1.165, 1.54) is 11.3 Å². The van der Waals surface area contributed by atoms with Crippen LogP contribution < -0.4 is 21.1 Å². The van der Waals surface area contributed by atoms with Gasteiger partial charge in [0.2, 0.25) is 5.91 Å². The number of carbonyl (C=O) groups is 2. The number of amides is 3. The van der Waals surface area contributed by atoms with E-state index in [-0.39, 0.29) is 17.7 Å². The molecule has 0 aliphatic rings. The smallest absolute Gasteiger partial charge is 0.312 e. The Labute approximate surface area is 157 Å². The first-order valence-electron chi connectivity index (χ1n) is 8.28. The topological polar surface area (TPSA) is 93.4 Å². The molecular weight excluding hydrogens is 350 g/mol. The van der Waals surface area contributed by atoms with Crippen LogP contribution in [0.3, 0.4) is 0 Å². The lowest BCUT2D eigenvalue weighted by molar-refractivity contribution is -0.116. The first kappa shape index (κ1) is 19.8. The van der Waals surface area contributed by atoms with Crippen molar-refractivity contribution in [2.45, 2.75) is 38.6 Å². The normalized spacial score (nSPS) is 12.3. The number of nitrogens with two attached hydrogens (primary N) is 1. The number of rotatable bonds is 6. The Morgan fingerprint density at radius 1 is 1.27 bits per heavy atom. The standard InChI is InChI=1S/C19H25N3O3S/c1-19(2,3)12-7-8-15(25-4)13(10-12)21-17(23)11-14(22-18(20)24)16-6-5-9-26-16/h5-10,14H,11H2,1-4H3,(H,21,23)(H3,20,22,24)/t14-/m1/s1. The van der Waals surface area contributed by atoms with Gasteiger partial charge < -0.3 is 21.1 Å². The number of thiophene rings is 1. The van der Waals surface area contributed by atoms with Gasteiger partial charge in [-0.2, -0.15) is 0 Å². The molecule has 1 aromatic heterocycles. The van der Waals surface area contributed by atoms with Crippen molar-refractivity contribution in [1.82, 2.24) is 5.32 Å². The number of urea groups is 1. The Balaban J connectivity index is 2.18. The number of nitrogens with one attached hydrogen (secondary N) is 2. The van der Waals surface area contributed by atoms with Crippen molar-refractivity contribution in [3.8, 4) is 5.75 Å². The summed E-state index contributed by atoms with van der Waals surface area (Å²) in [6.45, 7) is 6.30. The fraction of sp³-hybridized carbons (Fsp3) is 0.368. The molecule has 0 fully saturated rings. The minimum atomic E-state index is -0.663. The highest BCUT2D eigenvalue weighted by molar-refractivity contribution is 7.10. The molecule has 2 rings (SSSR count). The van der Waals surface area contributed by atoms with Crippen LogP contribution in [0.1, 0.15) is 43.7 Å². The van der Waals surface area contributed by atoms with Crippen molar-refractivity contribution >= 4 is 29.0 Å². The summed E-state index contributed by atoms with van der Waals surface area (Å²) in [4.78, 5) is 24.7. The maximum Gasteiger partial charge on any atom is 0.312 e. The van der Waals surface area contributed by atoms with Crippen molar-refractivity contribution < 1.29 is 14.3 Å². The summed E-state index contributed by atoms with van der Waals surface area (Å²) in [7, 11) is 1.56. The highest BCUT2D eigenvalue weighted by atomic mass is 32.1. The van der Waals surface area contributed by atoms with E-state index >= 15 is 0 Å². The van der Waals surface area contributed by atoms with E-state index < -0.39 is 12.1 Å². The maximum absolute atomic E-state index is 12.6. The summed E-state index contributed by atoms with van der Waals surface area (Å²) in [6, 6.07) is 8.33. The highest BCUT2D eigenvalue weighted by Crippen LogP contribution is 2.32. The summed E-state index contributed by atoms with van der Waals surface area (Å²) in [5.41, 5.74) is 6.87. The fourth-order valence-corrected chi connectivity index (χ4v) is 3.32. The molecule has 0 aliphatic heterocycles. The maximum atomic E-state index is 12.6. The number of primary amides is 1. The molecule has 4 N–H and O–H groups in total. The lowest BCUT2D eigenvalue weighted by Gasteiger charge is -2.22. The van der Waals surface area contributed by atoms with Gasteiger partial charge in [0, 0.05) is 4.88 Å². The van der Waals surface area contributed by atoms with E-state index in [9.17, 15) is 9.59 Å². The van der Waals surface area contributed by atoms with E-state index in [2.05, 4.69) is 31.4 Å².